The van der Waals surface area contributed by atoms with Crippen molar-refractivity contribution in [1.82, 2.24) is 9.97 Å². The molecule has 106 valence electrons. The molecule has 1 heterocycles. The van der Waals surface area contributed by atoms with Crippen LogP contribution in [0.3, 0.4) is 0 Å². The molecule has 2 aromatic rings. The van der Waals surface area contributed by atoms with E-state index in [1.165, 1.54) is 0 Å². The number of anilines is 1. The van der Waals surface area contributed by atoms with E-state index in [9.17, 15) is 9.59 Å². The highest BCUT2D eigenvalue weighted by Crippen LogP contribution is 2.43. The first-order chi connectivity index (χ1) is 9.60. The van der Waals surface area contributed by atoms with Crippen molar-refractivity contribution in [2.45, 2.75) is 25.7 Å². The van der Waals surface area contributed by atoms with Gasteiger partial charge in [0, 0.05) is 12.1 Å². The summed E-state index contributed by atoms with van der Waals surface area (Å²) in [5.74, 6) is -0.0209. The van der Waals surface area contributed by atoms with Crippen LogP contribution in [0, 0.1) is 5.41 Å². The van der Waals surface area contributed by atoms with Crippen molar-refractivity contribution < 1.29 is 4.79 Å². The van der Waals surface area contributed by atoms with Gasteiger partial charge in [-0.1, -0.05) is 6.42 Å². The maximum absolute atomic E-state index is 12.1. The van der Waals surface area contributed by atoms with Gasteiger partial charge >= 0.3 is 5.69 Å². The zero-order valence-corrected chi connectivity index (χ0v) is 11.2. The van der Waals surface area contributed by atoms with Crippen molar-refractivity contribution in [2.75, 3.05) is 11.9 Å². The number of amides is 1. The van der Waals surface area contributed by atoms with Crippen LogP contribution < -0.4 is 16.7 Å². The zero-order chi connectivity index (χ0) is 14.2. The highest BCUT2D eigenvalue weighted by Gasteiger charge is 2.37. The standard InChI is InChI=1S/C14H18N4O2/c15-8-14(4-1-5-14)7-12(19)16-9-2-3-10-11(6-9)18-13(20)17-10/h2-3,6H,1,4-5,7-8,15H2,(H,16,19)(H2,17,18,20). The van der Waals surface area contributed by atoms with Crippen molar-refractivity contribution in [1.29, 1.82) is 0 Å². The highest BCUT2D eigenvalue weighted by atomic mass is 16.1. The lowest BCUT2D eigenvalue weighted by Gasteiger charge is -2.40. The van der Waals surface area contributed by atoms with Crippen molar-refractivity contribution in [2.24, 2.45) is 11.1 Å². The van der Waals surface area contributed by atoms with Crippen LogP contribution in [0.4, 0.5) is 5.69 Å². The van der Waals surface area contributed by atoms with Crippen LogP contribution in [0.1, 0.15) is 25.7 Å². The summed E-state index contributed by atoms with van der Waals surface area (Å²) in [7, 11) is 0. The van der Waals surface area contributed by atoms with Crippen LogP contribution in [0.5, 0.6) is 0 Å². The van der Waals surface area contributed by atoms with Gasteiger partial charge in [0.2, 0.25) is 5.91 Å². The molecule has 0 atom stereocenters. The third-order valence-corrected chi connectivity index (χ3v) is 4.18. The van der Waals surface area contributed by atoms with E-state index in [0.29, 0.717) is 24.2 Å². The Hall–Kier alpha value is -2.08. The minimum Gasteiger partial charge on any atom is -0.330 e. The van der Waals surface area contributed by atoms with Gasteiger partial charge in [0.15, 0.2) is 0 Å². The first-order valence-electron chi connectivity index (χ1n) is 6.82. The normalized spacial score (nSPS) is 16.9. The van der Waals surface area contributed by atoms with Crippen LogP contribution in [0.25, 0.3) is 11.0 Å². The molecular weight excluding hydrogens is 256 g/mol. The number of nitrogens with one attached hydrogen (secondary N) is 3. The van der Waals surface area contributed by atoms with E-state index in [0.717, 1.165) is 24.8 Å². The fourth-order valence-corrected chi connectivity index (χ4v) is 2.79. The van der Waals surface area contributed by atoms with Crippen molar-refractivity contribution >= 4 is 22.6 Å². The SMILES string of the molecule is NCC1(CC(=O)Nc2ccc3[nH]c(=O)[nH]c3c2)CCC1. The smallest absolute Gasteiger partial charge is 0.323 e. The van der Waals surface area contributed by atoms with E-state index in [4.69, 9.17) is 5.73 Å². The molecule has 5 N–H and O–H groups in total. The van der Waals surface area contributed by atoms with Crippen molar-refractivity contribution in [3.05, 3.63) is 28.7 Å². The summed E-state index contributed by atoms with van der Waals surface area (Å²) in [6, 6.07) is 5.30. The lowest BCUT2D eigenvalue weighted by Crippen LogP contribution is -2.40. The number of H-pyrrole nitrogens is 2. The molecule has 1 amide bonds. The predicted molar refractivity (Wildman–Crippen MR) is 77.5 cm³/mol. The molecule has 0 radical (unpaired) electrons. The van der Waals surface area contributed by atoms with Crippen molar-refractivity contribution in [3.63, 3.8) is 0 Å². The van der Waals surface area contributed by atoms with Crippen molar-refractivity contribution in [3.8, 4) is 0 Å². The predicted octanol–water partition coefficient (Wildman–Crippen LogP) is 1.31. The van der Waals surface area contributed by atoms with Gasteiger partial charge in [-0.15, -0.1) is 0 Å². The summed E-state index contributed by atoms with van der Waals surface area (Å²) in [6.45, 7) is 0.560. The maximum atomic E-state index is 12.1. The molecule has 0 aliphatic heterocycles. The second-order valence-corrected chi connectivity index (χ2v) is 5.62. The average Bonchev–Trinajstić information content (AvgIpc) is 2.73. The molecule has 0 bridgehead atoms. The largest absolute Gasteiger partial charge is 0.330 e. The van der Waals surface area contributed by atoms with Crippen LogP contribution in [0.15, 0.2) is 23.0 Å². The van der Waals surface area contributed by atoms with Gasteiger partial charge in [-0.2, -0.15) is 0 Å². The number of fused-ring (bicyclic) bond motifs is 1. The maximum Gasteiger partial charge on any atom is 0.323 e. The summed E-state index contributed by atoms with van der Waals surface area (Å²) in [4.78, 5) is 28.6. The first-order valence-corrected chi connectivity index (χ1v) is 6.82. The molecule has 3 rings (SSSR count). The number of carbonyl (C=O) groups is 1. The summed E-state index contributed by atoms with van der Waals surface area (Å²) >= 11 is 0. The van der Waals surface area contributed by atoms with Gasteiger partial charge in [-0.05, 0) is 43.0 Å². The molecule has 1 aliphatic carbocycles. The quantitative estimate of drug-likeness (QED) is 0.675. The molecule has 6 heteroatoms. The van der Waals surface area contributed by atoms with E-state index in [1.807, 2.05) is 0 Å². The molecule has 6 nitrogen and oxygen atoms in total. The van der Waals surface area contributed by atoms with Gasteiger partial charge in [0.05, 0.1) is 11.0 Å². The summed E-state index contributed by atoms with van der Waals surface area (Å²) < 4.78 is 0. The van der Waals surface area contributed by atoms with Gasteiger partial charge in [0.25, 0.3) is 0 Å². The third kappa shape index (κ3) is 2.34. The Morgan fingerprint density at radius 2 is 2.05 bits per heavy atom. The van der Waals surface area contributed by atoms with E-state index in [-0.39, 0.29) is 17.0 Å². The van der Waals surface area contributed by atoms with Crippen LogP contribution in [-0.4, -0.2) is 22.4 Å². The number of aromatic nitrogens is 2. The third-order valence-electron chi connectivity index (χ3n) is 4.18. The average molecular weight is 274 g/mol. The number of carbonyl (C=O) groups excluding carboxylic acids is 1. The lowest BCUT2D eigenvalue weighted by molar-refractivity contribution is -0.119. The Labute approximate surface area is 115 Å². The first kappa shape index (κ1) is 12.9. The summed E-state index contributed by atoms with van der Waals surface area (Å²) in [6.07, 6.45) is 3.67. The van der Waals surface area contributed by atoms with Gasteiger partial charge < -0.3 is 21.0 Å². The Morgan fingerprint density at radius 3 is 2.70 bits per heavy atom. The molecule has 1 aromatic heterocycles. The molecule has 0 spiro atoms. The highest BCUT2D eigenvalue weighted by molar-refractivity contribution is 5.93. The van der Waals surface area contributed by atoms with Gasteiger partial charge in [-0.25, -0.2) is 4.79 Å². The van der Waals surface area contributed by atoms with E-state index in [2.05, 4.69) is 15.3 Å². The molecule has 1 saturated carbocycles. The Bertz CT molecular complexity index is 691. The topological polar surface area (TPSA) is 104 Å². The van der Waals surface area contributed by atoms with E-state index >= 15 is 0 Å². The molecule has 0 saturated heterocycles. The molecule has 1 fully saturated rings. The number of hydrogen-bond donors (Lipinski definition) is 4. The molecular formula is C14H18N4O2. The second kappa shape index (κ2) is 4.79. The van der Waals surface area contributed by atoms with E-state index in [1.54, 1.807) is 18.2 Å². The van der Waals surface area contributed by atoms with Crippen LogP contribution in [0.2, 0.25) is 0 Å². The minimum absolute atomic E-state index is 0.00339. The number of hydrogen-bond acceptors (Lipinski definition) is 3. The molecule has 20 heavy (non-hydrogen) atoms. The zero-order valence-electron chi connectivity index (χ0n) is 11.2. The summed E-state index contributed by atoms with van der Waals surface area (Å²) in [5.41, 5.74) is 7.61. The number of imidazole rings is 1. The van der Waals surface area contributed by atoms with Crippen LogP contribution in [-0.2, 0) is 4.79 Å². The lowest BCUT2D eigenvalue weighted by atomic mass is 9.66. The number of rotatable bonds is 4. The number of nitrogens with two attached hydrogens (primary N) is 1. The molecule has 1 aromatic carbocycles. The fourth-order valence-electron chi connectivity index (χ4n) is 2.79. The van der Waals surface area contributed by atoms with E-state index < -0.39 is 0 Å². The Morgan fingerprint density at radius 1 is 1.30 bits per heavy atom. The van der Waals surface area contributed by atoms with Gasteiger partial charge in [0.1, 0.15) is 0 Å². The van der Waals surface area contributed by atoms with Gasteiger partial charge in [-0.3, -0.25) is 4.79 Å². The second-order valence-electron chi connectivity index (χ2n) is 5.62. The fraction of sp³-hybridized carbons (Fsp3) is 0.429. The molecule has 0 unspecified atom stereocenters. The minimum atomic E-state index is -0.250. The Balaban J connectivity index is 1.72. The Kier molecular flexibility index (Phi) is 3.10. The summed E-state index contributed by atoms with van der Waals surface area (Å²) in [5, 5.41) is 2.87. The van der Waals surface area contributed by atoms with Crippen LogP contribution >= 0.6 is 0 Å². The number of benzene rings is 1. The molecule has 1 aliphatic rings. The number of aromatic amines is 2. The monoisotopic (exact) mass is 274 g/mol.